The van der Waals surface area contributed by atoms with Crippen molar-refractivity contribution in [1.29, 1.82) is 0 Å². The number of allylic oxidation sites excluding steroid dienone is 4. The van der Waals surface area contributed by atoms with Crippen LogP contribution in [-0.4, -0.2) is 23.9 Å². The number of aliphatic hydroxyl groups is 1. The van der Waals surface area contributed by atoms with Crippen molar-refractivity contribution in [3.63, 3.8) is 0 Å². The number of ether oxygens (including phenoxy) is 1. The van der Waals surface area contributed by atoms with Gasteiger partial charge in [0.15, 0.2) is 0 Å². The third kappa shape index (κ3) is 3.22. The van der Waals surface area contributed by atoms with Gasteiger partial charge < -0.3 is 9.84 Å². The largest absolute Gasteiger partial charge is 0.390 e. The SMILES string of the molecule is CC(C)(O)CCOC[C@@]12CCC[C@H]1C1=CC=C3CCCC[C@]3(C)[C@H]1CC2. The van der Waals surface area contributed by atoms with Gasteiger partial charge in [0.25, 0.3) is 0 Å². The summed E-state index contributed by atoms with van der Waals surface area (Å²) in [6.07, 6.45) is 18.0. The lowest BCUT2D eigenvalue weighted by Gasteiger charge is -2.54. The molecule has 0 aromatic carbocycles. The Morgan fingerprint density at radius 3 is 2.73 bits per heavy atom. The summed E-state index contributed by atoms with van der Waals surface area (Å²) in [7, 11) is 0. The van der Waals surface area contributed by atoms with Gasteiger partial charge in [-0.25, -0.2) is 0 Å². The molecule has 0 radical (unpaired) electrons. The molecule has 0 aromatic rings. The van der Waals surface area contributed by atoms with Gasteiger partial charge in [-0.15, -0.1) is 0 Å². The van der Waals surface area contributed by atoms with Crippen molar-refractivity contribution in [2.45, 2.75) is 90.6 Å². The summed E-state index contributed by atoms with van der Waals surface area (Å²) in [6.45, 7) is 7.89. The summed E-state index contributed by atoms with van der Waals surface area (Å²) in [5.41, 5.74) is 3.71. The summed E-state index contributed by atoms with van der Waals surface area (Å²) in [5.74, 6) is 1.52. The van der Waals surface area contributed by atoms with Crippen LogP contribution in [0.4, 0.5) is 0 Å². The Bertz CT molecular complexity index is 596. The summed E-state index contributed by atoms with van der Waals surface area (Å²) < 4.78 is 6.16. The van der Waals surface area contributed by atoms with Crippen LogP contribution in [0.5, 0.6) is 0 Å². The molecule has 26 heavy (non-hydrogen) atoms. The van der Waals surface area contributed by atoms with E-state index in [1.807, 2.05) is 13.8 Å². The van der Waals surface area contributed by atoms with Crippen molar-refractivity contribution < 1.29 is 9.84 Å². The van der Waals surface area contributed by atoms with Crippen LogP contribution in [0.25, 0.3) is 0 Å². The average molecular weight is 359 g/mol. The van der Waals surface area contributed by atoms with E-state index in [0.29, 0.717) is 17.4 Å². The smallest absolute Gasteiger partial charge is 0.0613 e. The second-order valence-electron chi connectivity index (χ2n) is 10.5. The molecule has 0 bridgehead atoms. The minimum atomic E-state index is -0.618. The van der Waals surface area contributed by atoms with Crippen LogP contribution in [0, 0.1) is 22.7 Å². The second kappa shape index (κ2) is 6.78. The van der Waals surface area contributed by atoms with E-state index in [4.69, 9.17) is 4.74 Å². The number of hydrogen-bond acceptors (Lipinski definition) is 2. The summed E-state index contributed by atoms with van der Waals surface area (Å²) in [4.78, 5) is 0. The zero-order valence-corrected chi connectivity index (χ0v) is 17.2. The van der Waals surface area contributed by atoms with Gasteiger partial charge in [0.2, 0.25) is 0 Å². The monoisotopic (exact) mass is 358 g/mol. The van der Waals surface area contributed by atoms with Gasteiger partial charge in [0.05, 0.1) is 12.2 Å². The van der Waals surface area contributed by atoms with Gasteiger partial charge in [0, 0.05) is 12.0 Å². The Hall–Kier alpha value is -0.600. The molecule has 146 valence electrons. The molecule has 0 unspecified atom stereocenters. The highest BCUT2D eigenvalue weighted by Gasteiger charge is 2.54. The summed E-state index contributed by atoms with van der Waals surface area (Å²) >= 11 is 0. The first-order valence-electron chi connectivity index (χ1n) is 11.1. The van der Waals surface area contributed by atoms with Crippen LogP contribution >= 0.6 is 0 Å². The molecule has 3 fully saturated rings. The third-order valence-electron chi connectivity index (χ3n) is 8.26. The van der Waals surface area contributed by atoms with E-state index in [1.165, 1.54) is 57.8 Å². The maximum Gasteiger partial charge on any atom is 0.0613 e. The topological polar surface area (TPSA) is 29.5 Å². The zero-order chi connectivity index (χ0) is 18.4. The quantitative estimate of drug-likeness (QED) is 0.629. The van der Waals surface area contributed by atoms with E-state index >= 15 is 0 Å². The Morgan fingerprint density at radius 1 is 1.08 bits per heavy atom. The fraction of sp³-hybridized carbons (Fsp3) is 0.833. The summed E-state index contributed by atoms with van der Waals surface area (Å²) in [5, 5.41) is 9.94. The van der Waals surface area contributed by atoms with Crippen molar-refractivity contribution in [3.8, 4) is 0 Å². The Kier molecular flexibility index (Phi) is 4.89. The van der Waals surface area contributed by atoms with Crippen LogP contribution in [-0.2, 0) is 4.74 Å². The Morgan fingerprint density at radius 2 is 1.92 bits per heavy atom. The highest BCUT2D eigenvalue weighted by Crippen LogP contribution is 2.63. The predicted octanol–water partition coefficient (Wildman–Crippen LogP) is 5.81. The lowest BCUT2D eigenvalue weighted by atomic mass is 9.51. The molecule has 1 N–H and O–H groups in total. The van der Waals surface area contributed by atoms with Gasteiger partial charge in [-0.2, -0.15) is 0 Å². The van der Waals surface area contributed by atoms with Crippen molar-refractivity contribution in [3.05, 3.63) is 23.3 Å². The van der Waals surface area contributed by atoms with Gasteiger partial charge >= 0.3 is 0 Å². The fourth-order valence-corrected chi connectivity index (χ4v) is 6.68. The van der Waals surface area contributed by atoms with Crippen LogP contribution in [0.3, 0.4) is 0 Å². The van der Waals surface area contributed by atoms with Crippen molar-refractivity contribution in [2.75, 3.05) is 13.2 Å². The molecule has 2 heteroatoms. The molecule has 0 saturated heterocycles. The molecular formula is C24H38O2. The van der Waals surface area contributed by atoms with E-state index in [0.717, 1.165) is 24.9 Å². The van der Waals surface area contributed by atoms with Gasteiger partial charge in [0.1, 0.15) is 0 Å². The standard InChI is InChI=1S/C24H38O2/c1-22(2,25)15-16-26-17-24-13-6-8-21(24)19-10-9-18-7-4-5-12-23(18,3)20(19)11-14-24/h9-10,20-21,25H,4-8,11-17H2,1-3H3/t20-,21-,23-,24-/m0/s1. The minimum Gasteiger partial charge on any atom is -0.390 e. The molecule has 0 amide bonds. The van der Waals surface area contributed by atoms with Gasteiger partial charge in [-0.05, 0) is 82.5 Å². The predicted molar refractivity (Wildman–Crippen MR) is 107 cm³/mol. The molecule has 3 saturated carbocycles. The van der Waals surface area contributed by atoms with Gasteiger partial charge in [-0.1, -0.05) is 43.1 Å². The molecule has 0 spiro atoms. The first kappa shape index (κ1) is 18.7. The van der Waals surface area contributed by atoms with E-state index in [1.54, 1.807) is 11.1 Å². The van der Waals surface area contributed by atoms with Crippen molar-refractivity contribution >= 4 is 0 Å². The Balaban J connectivity index is 1.50. The molecule has 4 aliphatic rings. The molecule has 0 heterocycles. The highest BCUT2D eigenvalue weighted by atomic mass is 16.5. The van der Waals surface area contributed by atoms with Crippen LogP contribution < -0.4 is 0 Å². The minimum absolute atomic E-state index is 0.373. The fourth-order valence-electron chi connectivity index (χ4n) is 6.68. The normalized spacial score (nSPS) is 39.5. The molecule has 4 atom stereocenters. The van der Waals surface area contributed by atoms with E-state index < -0.39 is 5.60 Å². The van der Waals surface area contributed by atoms with Crippen molar-refractivity contribution in [1.82, 2.24) is 0 Å². The van der Waals surface area contributed by atoms with E-state index in [2.05, 4.69) is 19.1 Å². The average Bonchev–Trinajstić information content (AvgIpc) is 3.02. The number of fused-ring (bicyclic) bond motifs is 5. The molecule has 0 aromatic heterocycles. The third-order valence-corrected chi connectivity index (χ3v) is 8.26. The maximum atomic E-state index is 9.94. The van der Waals surface area contributed by atoms with Crippen LogP contribution in [0.2, 0.25) is 0 Å². The lowest BCUT2D eigenvalue weighted by molar-refractivity contribution is -0.0277. The molecule has 4 rings (SSSR count). The van der Waals surface area contributed by atoms with E-state index in [9.17, 15) is 5.11 Å². The molecule has 2 nitrogen and oxygen atoms in total. The molecule has 4 aliphatic carbocycles. The van der Waals surface area contributed by atoms with Gasteiger partial charge in [-0.3, -0.25) is 0 Å². The second-order valence-corrected chi connectivity index (χ2v) is 10.5. The van der Waals surface area contributed by atoms with Crippen LogP contribution in [0.15, 0.2) is 23.3 Å². The Labute approximate surface area is 160 Å². The summed E-state index contributed by atoms with van der Waals surface area (Å²) in [6, 6.07) is 0. The highest BCUT2D eigenvalue weighted by molar-refractivity contribution is 5.38. The first-order chi connectivity index (χ1) is 12.3. The zero-order valence-electron chi connectivity index (χ0n) is 17.2. The lowest BCUT2D eigenvalue weighted by Crippen LogP contribution is -2.45. The first-order valence-corrected chi connectivity index (χ1v) is 11.1. The van der Waals surface area contributed by atoms with Crippen LogP contribution in [0.1, 0.15) is 85.0 Å². The molecule has 0 aliphatic heterocycles. The number of rotatable bonds is 5. The molecular weight excluding hydrogens is 320 g/mol. The maximum absolute atomic E-state index is 9.94. The van der Waals surface area contributed by atoms with Crippen molar-refractivity contribution in [2.24, 2.45) is 22.7 Å². The number of hydrogen-bond donors (Lipinski definition) is 1. The van der Waals surface area contributed by atoms with E-state index in [-0.39, 0.29) is 0 Å².